The molecule has 124 valence electrons. The van der Waals surface area contributed by atoms with E-state index in [2.05, 4.69) is 10.6 Å². The summed E-state index contributed by atoms with van der Waals surface area (Å²) in [5.74, 6) is -0.646. The standard InChI is InChI=1S/C16H19N3O3.ClH/c1-11(19-16(21)13-7-8-22-10-13)15(20)18-9-14(17)12-5-3-2-4-6-12;/h2-8,10-11,14H,9,17H2,1H3,(H,18,20)(H,19,21);1H. The fourth-order valence-electron chi connectivity index (χ4n) is 1.92. The van der Waals surface area contributed by atoms with Gasteiger partial charge in [0.15, 0.2) is 0 Å². The number of hydrogen-bond donors (Lipinski definition) is 3. The topological polar surface area (TPSA) is 97.4 Å². The molecule has 2 atom stereocenters. The van der Waals surface area contributed by atoms with Gasteiger partial charge in [-0.05, 0) is 18.6 Å². The van der Waals surface area contributed by atoms with Crippen molar-refractivity contribution in [3.8, 4) is 0 Å². The largest absolute Gasteiger partial charge is 0.472 e. The molecule has 0 fully saturated rings. The molecule has 2 unspecified atom stereocenters. The first-order valence-corrected chi connectivity index (χ1v) is 6.99. The summed E-state index contributed by atoms with van der Waals surface area (Å²) in [7, 11) is 0. The highest BCUT2D eigenvalue weighted by atomic mass is 35.5. The van der Waals surface area contributed by atoms with Crippen LogP contribution < -0.4 is 16.4 Å². The number of halogens is 1. The van der Waals surface area contributed by atoms with E-state index in [1.165, 1.54) is 18.6 Å². The van der Waals surface area contributed by atoms with Crippen LogP contribution in [0, 0.1) is 0 Å². The van der Waals surface area contributed by atoms with Gasteiger partial charge in [0.05, 0.1) is 11.8 Å². The highest BCUT2D eigenvalue weighted by molar-refractivity contribution is 5.97. The molecule has 7 heteroatoms. The van der Waals surface area contributed by atoms with Crippen molar-refractivity contribution in [3.63, 3.8) is 0 Å². The van der Waals surface area contributed by atoms with E-state index >= 15 is 0 Å². The second-order valence-electron chi connectivity index (χ2n) is 4.97. The Kier molecular flexibility index (Phi) is 7.31. The zero-order chi connectivity index (χ0) is 15.9. The number of hydrogen-bond acceptors (Lipinski definition) is 4. The molecule has 1 aromatic carbocycles. The molecule has 2 rings (SSSR count). The van der Waals surface area contributed by atoms with Crippen LogP contribution in [-0.4, -0.2) is 24.4 Å². The van der Waals surface area contributed by atoms with Crippen molar-refractivity contribution in [2.45, 2.75) is 19.0 Å². The molecule has 0 aliphatic heterocycles. The predicted octanol–water partition coefficient (Wildman–Crippen LogP) is 1.64. The van der Waals surface area contributed by atoms with Crippen LogP contribution in [0.4, 0.5) is 0 Å². The first kappa shape index (κ1) is 18.7. The number of amides is 2. The Morgan fingerprint density at radius 2 is 1.91 bits per heavy atom. The minimum Gasteiger partial charge on any atom is -0.472 e. The van der Waals surface area contributed by atoms with Crippen LogP contribution in [0.2, 0.25) is 0 Å². The van der Waals surface area contributed by atoms with Crippen molar-refractivity contribution in [2.24, 2.45) is 5.73 Å². The van der Waals surface area contributed by atoms with Gasteiger partial charge in [0.1, 0.15) is 12.3 Å². The van der Waals surface area contributed by atoms with Crippen molar-refractivity contribution >= 4 is 24.2 Å². The van der Waals surface area contributed by atoms with E-state index in [0.29, 0.717) is 12.1 Å². The molecule has 0 spiro atoms. The number of furan rings is 1. The fraction of sp³-hybridized carbons (Fsp3) is 0.250. The molecule has 23 heavy (non-hydrogen) atoms. The Morgan fingerprint density at radius 1 is 1.22 bits per heavy atom. The summed E-state index contributed by atoms with van der Waals surface area (Å²) >= 11 is 0. The summed E-state index contributed by atoms with van der Waals surface area (Å²) in [5.41, 5.74) is 7.33. The van der Waals surface area contributed by atoms with Crippen LogP contribution in [0.1, 0.15) is 28.9 Å². The molecule has 0 radical (unpaired) electrons. The summed E-state index contributed by atoms with van der Waals surface area (Å²) in [6, 6.07) is 10.1. The molecule has 0 bridgehead atoms. The summed E-state index contributed by atoms with van der Waals surface area (Å²) in [5, 5.41) is 5.32. The van der Waals surface area contributed by atoms with Crippen LogP contribution in [-0.2, 0) is 4.79 Å². The van der Waals surface area contributed by atoms with Gasteiger partial charge >= 0.3 is 0 Å². The average molecular weight is 338 g/mol. The Hall–Kier alpha value is -2.31. The van der Waals surface area contributed by atoms with Crippen LogP contribution in [0.3, 0.4) is 0 Å². The Labute approximate surface area is 140 Å². The van der Waals surface area contributed by atoms with E-state index in [9.17, 15) is 9.59 Å². The SMILES string of the molecule is CC(NC(=O)c1ccoc1)C(=O)NCC(N)c1ccccc1.Cl. The van der Waals surface area contributed by atoms with Gasteiger partial charge in [0.2, 0.25) is 5.91 Å². The number of nitrogens with two attached hydrogens (primary N) is 1. The Morgan fingerprint density at radius 3 is 2.52 bits per heavy atom. The molecular formula is C16H20ClN3O3. The zero-order valence-corrected chi connectivity index (χ0v) is 13.5. The molecule has 2 aromatic rings. The first-order chi connectivity index (χ1) is 10.6. The van der Waals surface area contributed by atoms with Crippen molar-refractivity contribution < 1.29 is 14.0 Å². The van der Waals surface area contributed by atoms with Gasteiger partial charge in [-0.15, -0.1) is 12.4 Å². The number of nitrogens with one attached hydrogen (secondary N) is 2. The third-order valence-corrected chi connectivity index (χ3v) is 3.25. The highest BCUT2D eigenvalue weighted by Gasteiger charge is 2.17. The van der Waals surface area contributed by atoms with Gasteiger partial charge in [0, 0.05) is 12.6 Å². The van der Waals surface area contributed by atoms with Gasteiger partial charge in [-0.1, -0.05) is 30.3 Å². The van der Waals surface area contributed by atoms with Gasteiger partial charge < -0.3 is 20.8 Å². The monoisotopic (exact) mass is 337 g/mol. The second-order valence-corrected chi connectivity index (χ2v) is 4.97. The molecule has 0 saturated carbocycles. The summed E-state index contributed by atoms with van der Waals surface area (Å²) in [6.07, 6.45) is 2.73. The maximum absolute atomic E-state index is 12.0. The predicted molar refractivity (Wildman–Crippen MR) is 89.3 cm³/mol. The van der Waals surface area contributed by atoms with Crippen LogP contribution in [0.25, 0.3) is 0 Å². The summed E-state index contributed by atoms with van der Waals surface area (Å²) in [4.78, 5) is 23.8. The molecule has 1 aromatic heterocycles. The minimum absolute atomic E-state index is 0. The average Bonchev–Trinajstić information content (AvgIpc) is 3.07. The molecule has 2 amide bonds. The number of carbonyl (C=O) groups excluding carboxylic acids is 2. The third-order valence-electron chi connectivity index (χ3n) is 3.25. The third kappa shape index (κ3) is 5.43. The van der Waals surface area contributed by atoms with E-state index in [-0.39, 0.29) is 30.3 Å². The fourth-order valence-corrected chi connectivity index (χ4v) is 1.92. The van der Waals surface area contributed by atoms with Crippen molar-refractivity contribution in [1.82, 2.24) is 10.6 Å². The van der Waals surface area contributed by atoms with Crippen LogP contribution >= 0.6 is 12.4 Å². The van der Waals surface area contributed by atoms with Crippen molar-refractivity contribution in [1.29, 1.82) is 0 Å². The quantitative estimate of drug-likeness (QED) is 0.746. The lowest BCUT2D eigenvalue weighted by atomic mass is 10.1. The summed E-state index contributed by atoms with van der Waals surface area (Å²) < 4.78 is 4.83. The van der Waals surface area contributed by atoms with E-state index in [4.69, 9.17) is 10.2 Å². The van der Waals surface area contributed by atoms with Gasteiger partial charge in [0.25, 0.3) is 5.91 Å². The number of rotatable bonds is 6. The van der Waals surface area contributed by atoms with E-state index in [1.54, 1.807) is 6.92 Å². The van der Waals surface area contributed by atoms with Crippen LogP contribution in [0.5, 0.6) is 0 Å². The zero-order valence-electron chi connectivity index (χ0n) is 12.7. The smallest absolute Gasteiger partial charge is 0.255 e. The molecule has 6 nitrogen and oxygen atoms in total. The molecule has 0 saturated heterocycles. The first-order valence-electron chi connectivity index (χ1n) is 6.99. The summed E-state index contributed by atoms with van der Waals surface area (Å²) in [6.45, 7) is 1.91. The minimum atomic E-state index is -0.662. The maximum atomic E-state index is 12.0. The lowest BCUT2D eigenvalue weighted by Gasteiger charge is -2.17. The Bertz CT molecular complexity index is 617. The number of carbonyl (C=O) groups is 2. The van der Waals surface area contributed by atoms with E-state index in [0.717, 1.165) is 5.56 Å². The van der Waals surface area contributed by atoms with Gasteiger partial charge in [-0.2, -0.15) is 0 Å². The lowest BCUT2D eigenvalue weighted by molar-refractivity contribution is -0.122. The Balaban J connectivity index is 0.00000264. The lowest BCUT2D eigenvalue weighted by Crippen LogP contribution is -2.46. The van der Waals surface area contributed by atoms with Gasteiger partial charge in [-0.3, -0.25) is 9.59 Å². The van der Waals surface area contributed by atoms with E-state index in [1.807, 2.05) is 30.3 Å². The highest BCUT2D eigenvalue weighted by Crippen LogP contribution is 2.08. The van der Waals surface area contributed by atoms with Gasteiger partial charge in [-0.25, -0.2) is 0 Å². The molecule has 4 N–H and O–H groups in total. The second kappa shape index (κ2) is 8.97. The number of benzene rings is 1. The van der Waals surface area contributed by atoms with E-state index < -0.39 is 6.04 Å². The normalized spacial score (nSPS) is 12.6. The van der Waals surface area contributed by atoms with Crippen molar-refractivity contribution in [2.75, 3.05) is 6.54 Å². The molecule has 0 aliphatic rings. The van der Waals surface area contributed by atoms with Crippen LogP contribution in [0.15, 0.2) is 53.3 Å². The molecule has 0 aliphatic carbocycles. The maximum Gasteiger partial charge on any atom is 0.255 e. The molecule has 1 heterocycles. The van der Waals surface area contributed by atoms with Crippen molar-refractivity contribution in [3.05, 3.63) is 60.1 Å². The molecular weight excluding hydrogens is 318 g/mol.